The highest BCUT2D eigenvalue weighted by Gasteiger charge is 2.29. The van der Waals surface area contributed by atoms with Crippen molar-refractivity contribution in [3.8, 4) is 6.07 Å². The fourth-order valence-electron chi connectivity index (χ4n) is 2.58. The van der Waals surface area contributed by atoms with Crippen molar-refractivity contribution in [2.24, 2.45) is 5.92 Å². The van der Waals surface area contributed by atoms with E-state index in [0.717, 1.165) is 25.7 Å². The second-order valence-corrected chi connectivity index (χ2v) is 6.81. The van der Waals surface area contributed by atoms with Crippen molar-refractivity contribution in [1.82, 2.24) is 4.72 Å². The van der Waals surface area contributed by atoms with Crippen LogP contribution in [0.25, 0.3) is 0 Å². The fourth-order valence-corrected chi connectivity index (χ4v) is 3.97. The maximum Gasteiger partial charge on any atom is 0.240 e. The standard InChI is InChI=1S/C14H18N2O3S/c15-9-11-4-3-6-13(8-11)20(18,19)16-14-7-2-1-5-12(14)10-17/h3-4,6,8,12,14,16-17H,1-2,5,7,10H2. The number of rotatable bonds is 4. The molecule has 0 aliphatic heterocycles. The van der Waals surface area contributed by atoms with E-state index in [1.807, 2.05) is 6.07 Å². The maximum absolute atomic E-state index is 12.3. The summed E-state index contributed by atoms with van der Waals surface area (Å²) in [7, 11) is -3.65. The summed E-state index contributed by atoms with van der Waals surface area (Å²) in [5.41, 5.74) is 0.315. The van der Waals surface area contributed by atoms with E-state index < -0.39 is 10.0 Å². The Kier molecular flexibility index (Phi) is 4.76. The molecular weight excluding hydrogens is 276 g/mol. The lowest BCUT2D eigenvalue weighted by Crippen LogP contribution is -2.43. The summed E-state index contributed by atoms with van der Waals surface area (Å²) in [5, 5.41) is 18.2. The first-order chi connectivity index (χ1) is 9.56. The monoisotopic (exact) mass is 294 g/mol. The van der Waals surface area contributed by atoms with Gasteiger partial charge in [-0.2, -0.15) is 5.26 Å². The largest absolute Gasteiger partial charge is 0.396 e. The zero-order chi connectivity index (χ0) is 14.6. The third-order valence-corrected chi connectivity index (χ3v) is 5.21. The average molecular weight is 294 g/mol. The van der Waals surface area contributed by atoms with Gasteiger partial charge in [0.1, 0.15) is 0 Å². The molecule has 0 amide bonds. The molecule has 1 aromatic rings. The Bertz CT molecular complexity index is 607. The number of nitriles is 1. The van der Waals surface area contributed by atoms with Gasteiger partial charge in [0.05, 0.1) is 16.5 Å². The van der Waals surface area contributed by atoms with Gasteiger partial charge < -0.3 is 5.11 Å². The van der Waals surface area contributed by atoms with Crippen molar-refractivity contribution in [3.05, 3.63) is 29.8 Å². The fraction of sp³-hybridized carbons (Fsp3) is 0.500. The molecule has 0 heterocycles. The third kappa shape index (κ3) is 3.37. The van der Waals surface area contributed by atoms with Crippen molar-refractivity contribution < 1.29 is 13.5 Å². The summed E-state index contributed by atoms with van der Waals surface area (Å²) in [4.78, 5) is 0.0961. The molecule has 108 valence electrons. The zero-order valence-corrected chi connectivity index (χ0v) is 11.9. The molecule has 0 radical (unpaired) electrons. The van der Waals surface area contributed by atoms with Crippen LogP contribution in [-0.2, 0) is 10.0 Å². The summed E-state index contributed by atoms with van der Waals surface area (Å²) in [6.45, 7) is -0.00851. The number of aliphatic hydroxyl groups is 1. The van der Waals surface area contributed by atoms with Crippen molar-refractivity contribution in [2.75, 3.05) is 6.61 Å². The first-order valence-corrected chi connectivity index (χ1v) is 8.18. The van der Waals surface area contributed by atoms with Crippen LogP contribution in [0, 0.1) is 17.2 Å². The molecule has 2 rings (SSSR count). The minimum atomic E-state index is -3.65. The molecule has 2 N–H and O–H groups in total. The summed E-state index contributed by atoms with van der Waals surface area (Å²) >= 11 is 0. The smallest absolute Gasteiger partial charge is 0.240 e. The maximum atomic E-state index is 12.3. The molecule has 6 heteroatoms. The van der Waals surface area contributed by atoms with E-state index in [1.165, 1.54) is 12.1 Å². The Morgan fingerprint density at radius 2 is 2.10 bits per heavy atom. The SMILES string of the molecule is N#Cc1cccc(S(=O)(=O)NC2CCCCC2CO)c1. The van der Waals surface area contributed by atoms with Gasteiger partial charge >= 0.3 is 0 Å². The van der Waals surface area contributed by atoms with Crippen LogP contribution in [0.5, 0.6) is 0 Å². The molecule has 0 aromatic heterocycles. The summed E-state index contributed by atoms with van der Waals surface area (Å²) in [6.07, 6.45) is 3.56. The molecule has 1 aliphatic rings. The lowest BCUT2D eigenvalue weighted by atomic mass is 9.86. The van der Waals surface area contributed by atoms with Crippen LogP contribution in [0.1, 0.15) is 31.2 Å². The van der Waals surface area contributed by atoms with Crippen LogP contribution in [0.4, 0.5) is 0 Å². The highest BCUT2D eigenvalue weighted by molar-refractivity contribution is 7.89. The predicted molar refractivity (Wildman–Crippen MR) is 74.3 cm³/mol. The van der Waals surface area contributed by atoms with Crippen LogP contribution >= 0.6 is 0 Å². The summed E-state index contributed by atoms with van der Waals surface area (Å²) in [5.74, 6) is -0.0299. The van der Waals surface area contributed by atoms with Gasteiger partial charge in [0.2, 0.25) is 10.0 Å². The molecule has 0 spiro atoms. The molecule has 1 aromatic carbocycles. The highest BCUT2D eigenvalue weighted by atomic mass is 32.2. The minimum Gasteiger partial charge on any atom is -0.396 e. The van der Waals surface area contributed by atoms with Gasteiger partial charge in [-0.05, 0) is 37.0 Å². The molecule has 1 saturated carbocycles. The number of nitrogens with one attached hydrogen (secondary N) is 1. The van der Waals surface area contributed by atoms with Crippen LogP contribution in [0.15, 0.2) is 29.2 Å². The predicted octanol–water partition coefficient (Wildman–Crippen LogP) is 1.39. The van der Waals surface area contributed by atoms with Gasteiger partial charge in [0.15, 0.2) is 0 Å². The summed E-state index contributed by atoms with van der Waals surface area (Å²) < 4.78 is 27.3. The van der Waals surface area contributed by atoms with Crippen molar-refractivity contribution >= 4 is 10.0 Å². The van der Waals surface area contributed by atoms with E-state index in [4.69, 9.17) is 5.26 Å². The molecule has 0 saturated heterocycles. The topological polar surface area (TPSA) is 90.2 Å². The Hall–Kier alpha value is -1.42. The van der Waals surface area contributed by atoms with Gasteiger partial charge in [-0.1, -0.05) is 18.9 Å². The first kappa shape index (κ1) is 15.0. The molecule has 1 aliphatic carbocycles. The number of nitrogens with zero attached hydrogens (tertiary/aromatic N) is 1. The van der Waals surface area contributed by atoms with Gasteiger partial charge in [-0.3, -0.25) is 0 Å². The van der Waals surface area contributed by atoms with Crippen LogP contribution in [-0.4, -0.2) is 26.2 Å². The molecule has 20 heavy (non-hydrogen) atoms. The van der Waals surface area contributed by atoms with Gasteiger partial charge in [0.25, 0.3) is 0 Å². The molecule has 0 bridgehead atoms. The van der Waals surface area contributed by atoms with Gasteiger partial charge in [-0.15, -0.1) is 0 Å². The van der Waals surface area contributed by atoms with Crippen molar-refractivity contribution in [2.45, 2.75) is 36.6 Å². The van der Waals surface area contributed by atoms with Crippen LogP contribution in [0.2, 0.25) is 0 Å². The van der Waals surface area contributed by atoms with Crippen LogP contribution < -0.4 is 4.72 Å². The molecule has 2 unspecified atom stereocenters. The van der Waals surface area contributed by atoms with Gasteiger partial charge in [-0.25, -0.2) is 13.1 Å². The zero-order valence-electron chi connectivity index (χ0n) is 11.1. The lowest BCUT2D eigenvalue weighted by molar-refractivity contribution is 0.164. The van der Waals surface area contributed by atoms with E-state index >= 15 is 0 Å². The quantitative estimate of drug-likeness (QED) is 0.878. The van der Waals surface area contributed by atoms with E-state index in [-0.39, 0.29) is 23.5 Å². The Morgan fingerprint density at radius 3 is 2.80 bits per heavy atom. The third-order valence-electron chi connectivity index (χ3n) is 3.72. The second-order valence-electron chi connectivity index (χ2n) is 5.09. The lowest BCUT2D eigenvalue weighted by Gasteiger charge is -2.30. The Balaban J connectivity index is 2.20. The number of hydrogen-bond donors (Lipinski definition) is 2. The minimum absolute atomic E-state index is 0.00851. The Labute approximate surface area is 119 Å². The normalized spacial score (nSPS) is 23.2. The molecule has 2 atom stereocenters. The second kappa shape index (κ2) is 6.35. The molecule has 1 fully saturated rings. The summed E-state index contributed by atoms with van der Waals surface area (Å²) in [6, 6.07) is 7.65. The van der Waals surface area contributed by atoms with E-state index in [2.05, 4.69) is 4.72 Å². The first-order valence-electron chi connectivity index (χ1n) is 6.70. The molecular formula is C14H18N2O3S. The van der Waals surface area contributed by atoms with E-state index in [9.17, 15) is 13.5 Å². The Morgan fingerprint density at radius 1 is 1.35 bits per heavy atom. The van der Waals surface area contributed by atoms with E-state index in [0.29, 0.717) is 5.56 Å². The van der Waals surface area contributed by atoms with Crippen LogP contribution in [0.3, 0.4) is 0 Å². The number of aliphatic hydroxyl groups excluding tert-OH is 1. The van der Waals surface area contributed by atoms with Crippen molar-refractivity contribution in [3.63, 3.8) is 0 Å². The number of benzene rings is 1. The average Bonchev–Trinajstić information content (AvgIpc) is 2.47. The van der Waals surface area contributed by atoms with Gasteiger partial charge in [0, 0.05) is 12.6 Å². The number of hydrogen-bond acceptors (Lipinski definition) is 4. The number of sulfonamides is 1. The highest BCUT2D eigenvalue weighted by Crippen LogP contribution is 2.25. The molecule has 5 nitrogen and oxygen atoms in total. The van der Waals surface area contributed by atoms with E-state index in [1.54, 1.807) is 12.1 Å². The van der Waals surface area contributed by atoms with Crippen molar-refractivity contribution in [1.29, 1.82) is 5.26 Å².